The fraction of sp³-hybridized carbons (Fsp3) is 1.00. The molecule has 0 aromatic heterocycles. The number of hydrogen-bond acceptors (Lipinski definition) is 2. The zero-order valence-corrected chi connectivity index (χ0v) is 8.22. The first kappa shape index (κ1) is 10.9. The molecule has 11 heavy (non-hydrogen) atoms. The number of hydrogen-bond donors (Lipinski definition) is 1. The van der Waals surface area contributed by atoms with Crippen LogP contribution in [0.5, 0.6) is 0 Å². The highest BCUT2D eigenvalue weighted by Gasteiger charge is 2.23. The lowest BCUT2D eigenvalue weighted by Crippen LogP contribution is -2.34. The van der Waals surface area contributed by atoms with Crippen LogP contribution in [0.2, 0.25) is 0 Å². The smallest absolute Gasteiger partial charge is 0.0243 e. The Balaban J connectivity index is 0.000000461. The predicted octanol–water partition coefficient (Wildman–Crippen LogP) is 2.52. The molecule has 0 amide bonds. The molecule has 1 aliphatic rings. The molecule has 1 saturated heterocycles. The molecule has 2 heteroatoms. The Labute approximate surface area is 70.2 Å². The summed E-state index contributed by atoms with van der Waals surface area (Å²) in [7, 11) is 0. The van der Waals surface area contributed by atoms with E-state index in [2.05, 4.69) is 13.8 Å². The molecule has 0 aromatic rings. The predicted molar refractivity (Wildman–Crippen MR) is 47.7 cm³/mol. The van der Waals surface area contributed by atoms with E-state index in [4.69, 9.17) is 5.21 Å². The van der Waals surface area contributed by atoms with E-state index in [9.17, 15) is 0 Å². The van der Waals surface area contributed by atoms with Gasteiger partial charge in [-0.3, -0.25) is 0 Å². The van der Waals surface area contributed by atoms with Crippen molar-refractivity contribution < 1.29 is 5.21 Å². The van der Waals surface area contributed by atoms with Crippen molar-refractivity contribution in [1.82, 2.24) is 5.06 Å². The maximum atomic E-state index is 8.97. The topological polar surface area (TPSA) is 23.5 Å². The molecule has 0 spiro atoms. The molecular weight excluding hydrogens is 138 g/mol. The second-order valence-electron chi connectivity index (χ2n) is 3.62. The summed E-state index contributed by atoms with van der Waals surface area (Å²) < 4.78 is 0. The third kappa shape index (κ3) is 4.38. The molecule has 0 saturated carbocycles. The van der Waals surface area contributed by atoms with Gasteiger partial charge in [-0.1, -0.05) is 27.7 Å². The first-order valence-corrected chi connectivity index (χ1v) is 4.54. The van der Waals surface area contributed by atoms with Gasteiger partial charge in [-0.25, -0.2) is 0 Å². The van der Waals surface area contributed by atoms with Crippen LogP contribution in [0.15, 0.2) is 0 Å². The summed E-state index contributed by atoms with van der Waals surface area (Å²) in [6.45, 7) is 10.2. The fourth-order valence-electron chi connectivity index (χ4n) is 1.10. The molecule has 68 valence electrons. The number of rotatable bonds is 0. The van der Waals surface area contributed by atoms with E-state index in [0.717, 1.165) is 25.9 Å². The van der Waals surface area contributed by atoms with Gasteiger partial charge in [0.25, 0.3) is 0 Å². The molecule has 2 nitrogen and oxygen atoms in total. The standard InChI is InChI=1S/C7H15NO.C2H6/c1-7(2)3-5-8(9)6-4-7;1-2/h9H,3-6H2,1-2H3;1-2H3. The molecule has 0 atom stereocenters. The summed E-state index contributed by atoms with van der Waals surface area (Å²) >= 11 is 0. The average Bonchev–Trinajstić information content (AvgIpc) is 2.00. The van der Waals surface area contributed by atoms with Crippen molar-refractivity contribution in [2.24, 2.45) is 5.41 Å². The van der Waals surface area contributed by atoms with Gasteiger partial charge in [-0.15, -0.1) is 0 Å². The number of piperidine rings is 1. The third-order valence-electron chi connectivity index (χ3n) is 2.09. The normalized spacial score (nSPS) is 23.7. The van der Waals surface area contributed by atoms with Gasteiger partial charge in [0.15, 0.2) is 0 Å². The van der Waals surface area contributed by atoms with Crippen LogP contribution in [0.1, 0.15) is 40.5 Å². The Hall–Kier alpha value is -0.0800. The van der Waals surface area contributed by atoms with Crippen LogP contribution in [-0.2, 0) is 0 Å². The minimum Gasteiger partial charge on any atom is -0.314 e. The number of nitrogens with zero attached hydrogens (tertiary/aromatic N) is 1. The second-order valence-corrected chi connectivity index (χ2v) is 3.62. The van der Waals surface area contributed by atoms with Crippen molar-refractivity contribution in [2.75, 3.05) is 13.1 Å². The van der Waals surface area contributed by atoms with E-state index in [1.54, 1.807) is 0 Å². The van der Waals surface area contributed by atoms with E-state index < -0.39 is 0 Å². The van der Waals surface area contributed by atoms with Crippen molar-refractivity contribution in [1.29, 1.82) is 0 Å². The molecular formula is C9H21NO. The zero-order chi connectivity index (χ0) is 8.91. The first-order valence-electron chi connectivity index (χ1n) is 4.54. The van der Waals surface area contributed by atoms with Crippen molar-refractivity contribution in [3.8, 4) is 0 Å². The Bertz CT molecular complexity index is 91.7. The van der Waals surface area contributed by atoms with Gasteiger partial charge in [0.1, 0.15) is 0 Å². The van der Waals surface area contributed by atoms with Crippen LogP contribution >= 0.6 is 0 Å². The molecule has 1 N–H and O–H groups in total. The highest BCUT2D eigenvalue weighted by atomic mass is 16.5. The van der Waals surface area contributed by atoms with Gasteiger partial charge in [-0.2, -0.15) is 5.06 Å². The van der Waals surface area contributed by atoms with Crippen LogP contribution in [0.3, 0.4) is 0 Å². The largest absolute Gasteiger partial charge is 0.314 e. The van der Waals surface area contributed by atoms with Crippen LogP contribution < -0.4 is 0 Å². The van der Waals surface area contributed by atoms with Crippen LogP contribution in [0.25, 0.3) is 0 Å². The van der Waals surface area contributed by atoms with E-state index in [1.807, 2.05) is 13.8 Å². The molecule has 0 aliphatic carbocycles. The van der Waals surface area contributed by atoms with Gasteiger partial charge in [-0.05, 0) is 18.3 Å². The van der Waals surface area contributed by atoms with Gasteiger partial charge in [0, 0.05) is 13.1 Å². The highest BCUT2D eigenvalue weighted by molar-refractivity contribution is 4.74. The lowest BCUT2D eigenvalue weighted by molar-refractivity contribution is -0.121. The Kier molecular flexibility index (Phi) is 4.69. The van der Waals surface area contributed by atoms with Gasteiger partial charge >= 0.3 is 0 Å². The maximum absolute atomic E-state index is 8.97. The molecule has 1 fully saturated rings. The monoisotopic (exact) mass is 159 g/mol. The molecule has 0 bridgehead atoms. The molecule has 0 radical (unpaired) electrons. The molecule has 1 heterocycles. The summed E-state index contributed by atoms with van der Waals surface area (Å²) in [5.41, 5.74) is 0.458. The highest BCUT2D eigenvalue weighted by Crippen LogP contribution is 2.28. The van der Waals surface area contributed by atoms with Crippen molar-refractivity contribution >= 4 is 0 Å². The summed E-state index contributed by atoms with van der Waals surface area (Å²) in [6.07, 6.45) is 2.23. The molecule has 0 unspecified atom stereocenters. The van der Waals surface area contributed by atoms with E-state index >= 15 is 0 Å². The molecule has 1 rings (SSSR count). The van der Waals surface area contributed by atoms with Crippen LogP contribution in [-0.4, -0.2) is 23.4 Å². The minimum absolute atomic E-state index is 0.458. The lowest BCUT2D eigenvalue weighted by Gasteiger charge is -2.33. The van der Waals surface area contributed by atoms with Crippen LogP contribution in [0, 0.1) is 5.41 Å². The molecule has 1 aliphatic heterocycles. The Morgan fingerprint density at radius 1 is 1.09 bits per heavy atom. The van der Waals surface area contributed by atoms with E-state index in [1.165, 1.54) is 5.06 Å². The average molecular weight is 159 g/mol. The quantitative estimate of drug-likeness (QED) is 0.587. The zero-order valence-electron chi connectivity index (χ0n) is 8.22. The van der Waals surface area contributed by atoms with Crippen molar-refractivity contribution in [3.63, 3.8) is 0 Å². The Morgan fingerprint density at radius 2 is 1.45 bits per heavy atom. The lowest BCUT2D eigenvalue weighted by atomic mass is 9.83. The van der Waals surface area contributed by atoms with Gasteiger partial charge in [0.05, 0.1) is 0 Å². The van der Waals surface area contributed by atoms with Gasteiger partial charge in [0.2, 0.25) is 0 Å². The maximum Gasteiger partial charge on any atom is 0.0243 e. The summed E-state index contributed by atoms with van der Waals surface area (Å²) in [5.74, 6) is 0. The number of hydroxylamine groups is 2. The first-order chi connectivity index (χ1) is 5.10. The van der Waals surface area contributed by atoms with E-state index in [-0.39, 0.29) is 0 Å². The SMILES string of the molecule is CC.CC1(C)CCN(O)CC1. The summed E-state index contributed by atoms with van der Waals surface area (Å²) in [4.78, 5) is 0. The van der Waals surface area contributed by atoms with Crippen molar-refractivity contribution in [2.45, 2.75) is 40.5 Å². The summed E-state index contributed by atoms with van der Waals surface area (Å²) in [5, 5.41) is 10.4. The van der Waals surface area contributed by atoms with E-state index in [0.29, 0.717) is 5.41 Å². The second kappa shape index (κ2) is 4.73. The fourth-order valence-corrected chi connectivity index (χ4v) is 1.10. The Morgan fingerprint density at radius 3 is 1.73 bits per heavy atom. The summed E-state index contributed by atoms with van der Waals surface area (Å²) in [6, 6.07) is 0. The molecule has 0 aromatic carbocycles. The van der Waals surface area contributed by atoms with Crippen LogP contribution in [0.4, 0.5) is 0 Å². The minimum atomic E-state index is 0.458. The van der Waals surface area contributed by atoms with Gasteiger partial charge < -0.3 is 5.21 Å². The third-order valence-corrected chi connectivity index (χ3v) is 2.09. The van der Waals surface area contributed by atoms with Crippen molar-refractivity contribution in [3.05, 3.63) is 0 Å².